The zero-order valence-corrected chi connectivity index (χ0v) is 18.8. The Hall–Kier alpha value is -4.11. The van der Waals surface area contributed by atoms with Crippen LogP contribution in [0, 0.1) is 5.41 Å². The Labute approximate surface area is 192 Å². The van der Waals surface area contributed by atoms with Gasteiger partial charge < -0.3 is 27.2 Å². The molecule has 9 nitrogen and oxygen atoms in total. The molecule has 0 aliphatic carbocycles. The second-order valence-corrected chi connectivity index (χ2v) is 7.83. The van der Waals surface area contributed by atoms with Crippen LogP contribution in [0.1, 0.15) is 23.6 Å². The highest BCUT2D eigenvalue weighted by Gasteiger charge is 2.20. The van der Waals surface area contributed by atoms with Gasteiger partial charge in [0.25, 0.3) is 0 Å². The second-order valence-electron chi connectivity index (χ2n) is 7.83. The van der Waals surface area contributed by atoms with Crippen LogP contribution < -0.4 is 28.1 Å². The van der Waals surface area contributed by atoms with E-state index in [0.717, 1.165) is 5.56 Å². The molecule has 8 N–H and O–H groups in total. The molecule has 3 rings (SSSR count). The average Bonchev–Trinajstić information content (AvgIpc) is 2.77. The Bertz CT molecular complexity index is 1230. The summed E-state index contributed by atoms with van der Waals surface area (Å²) >= 11 is 0. The number of hydrogen-bond donors (Lipinski definition) is 5. The largest absolute Gasteiger partial charge is 0.399 e. The maximum atomic E-state index is 13.4. The Morgan fingerprint density at radius 1 is 1.15 bits per heavy atom. The zero-order chi connectivity index (χ0) is 24.1. The van der Waals surface area contributed by atoms with Gasteiger partial charge in [0.05, 0.1) is 12.1 Å². The molecular weight excluding hydrogens is 418 g/mol. The minimum atomic E-state index is -0.601. The van der Waals surface area contributed by atoms with E-state index in [9.17, 15) is 9.59 Å². The third kappa shape index (κ3) is 5.58. The summed E-state index contributed by atoms with van der Waals surface area (Å²) in [4.78, 5) is 25.3. The van der Waals surface area contributed by atoms with E-state index < -0.39 is 5.91 Å². The highest BCUT2D eigenvalue weighted by atomic mass is 16.1. The van der Waals surface area contributed by atoms with Crippen molar-refractivity contribution in [3.63, 3.8) is 0 Å². The smallest absolute Gasteiger partial charge is 0.222 e. The highest BCUT2D eigenvalue weighted by Crippen LogP contribution is 2.27. The van der Waals surface area contributed by atoms with Crippen LogP contribution in [0.4, 0.5) is 11.4 Å². The number of benzene rings is 2. The van der Waals surface area contributed by atoms with E-state index in [1.807, 2.05) is 36.7 Å². The van der Waals surface area contributed by atoms with Crippen LogP contribution in [-0.4, -0.2) is 34.9 Å². The van der Waals surface area contributed by atoms with Gasteiger partial charge in [-0.15, -0.1) is 0 Å². The first-order chi connectivity index (χ1) is 15.7. The molecule has 1 amide bonds. The van der Waals surface area contributed by atoms with E-state index in [1.165, 1.54) is 0 Å². The fourth-order valence-corrected chi connectivity index (χ4v) is 3.56. The number of amides is 1. The number of nitrogen functional groups attached to an aromatic ring is 2. The summed E-state index contributed by atoms with van der Waals surface area (Å²) in [7, 11) is 1.82. The van der Waals surface area contributed by atoms with Crippen LogP contribution in [0.5, 0.6) is 0 Å². The fourth-order valence-electron chi connectivity index (χ4n) is 3.56. The molecular formula is C24H29N7O2. The van der Waals surface area contributed by atoms with Crippen LogP contribution in [0.25, 0.3) is 11.3 Å². The number of pyridine rings is 1. The fraction of sp³-hybridized carbons (Fsp3) is 0.208. The van der Waals surface area contributed by atoms with Crippen molar-refractivity contribution in [1.29, 1.82) is 5.41 Å². The molecule has 0 saturated heterocycles. The number of hydrazine groups is 1. The van der Waals surface area contributed by atoms with E-state index in [1.54, 1.807) is 41.5 Å². The first-order valence-corrected chi connectivity index (χ1v) is 10.5. The second kappa shape index (κ2) is 10.0. The van der Waals surface area contributed by atoms with Gasteiger partial charge >= 0.3 is 0 Å². The van der Waals surface area contributed by atoms with Crippen molar-refractivity contribution in [2.24, 2.45) is 11.5 Å². The molecule has 33 heavy (non-hydrogen) atoms. The van der Waals surface area contributed by atoms with Crippen LogP contribution in [0.3, 0.4) is 0 Å². The molecule has 1 aromatic heterocycles. The molecule has 0 unspecified atom stereocenters. The third-order valence-corrected chi connectivity index (χ3v) is 5.29. The monoisotopic (exact) mass is 447 g/mol. The average molecular weight is 448 g/mol. The number of primary amides is 1. The van der Waals surface area contributed by atoms with Crippen molar-refractivity contribution in [1.82, 2.24) is 9.58 Å². The number of anilines is 2. The quantitative estimate of drug-likeness (QED) is 0.146. The lowest BCUT2D eigenvalue weighted by atomic mass is 10.00. The molecule has 0 spiro atoms. The Kier molecular flexibility index (Phi) is 7.14. The number of amidine groups is 1. The minimum absolute atomic E-state index is 0.0109. The molecule has 172 valence electrons. The molecule has 0 bridgehead atoms. The van der Waals surface area contributed by atoms with Crippen LogP contribution in [0.2, 0.25) is 0 Å². The van der Waals surface area contributed by atoms with Gasteiger partial charge in [-0.05, 0) is 17.7 Å². The van der Waals surface area contributed by atoms with E-state index >= 15 is 0 Å². The summed E-state index contributed by atoms with van der Waals surface area (Å²) in [5, 5.41) is 9.37. The molecule has 1 heterocycles. The molecule has 0 atom stereocenters. The van der Waals surface area contributed by atoms with E-state index in [2.05, 4.69) is 5.43 Å². The molecule has 0 saturated carbocycles. The van der Waals surface area contributed by atoms with Gasteiger partial charge in [-0.25, -0.2) is 5.01 Å². The lowest BCUT2D eigenvalue weighted by Gasteiger charge is -2.23. The standard InChI is InChI=1S/C24H29N7O2/c1-3-30(2)29-20-14-31(13-15-7-9-16(10-8-15)24(27)28)22(17-5-4-6-18(25)11-17)19(23(20)33)12-21(26)32/h4-11,14,29H,3,12-13,25H2,1-2H3,(H2,26,32)(H3,27,28). The summed E-state index contributed by atoms with van der Waals surface area (Å²) in [6.07, 6.45) is 1.52. The summed E-state index contributed by atoms with van der Waals surface area (Å²) < 4.78 is 1.91. The number of carbonyl (C=O) groups is 1. The van der Waals surface area contributed by atoms with Gasteiger partial charge in [0.1, 0.15) is 11.5 Å². The molecule has 0 aliphatic heterocycles. The Morgan fingerprint density at radius 3 is 2.42 bits per heavy atom. The predicted octanol–water partition coefficient (Wildman–Crippen LogP) is 1.74. The summed E-state index contributed by atoms with van der Waals surface area (Å²) in [5.41, 5.74) is 23.9. The number of nitrogens with two attached hydrogens (primary N) is 3. The number of nitrogens with one attached hydrogen (secondary N) is 2. The molecule has 0 aliphatic rings. The lowest BCUT2D eigenvalue weighted by Crippen LogP contribution is -2.31. The van der Waals surface area contributed by atoms with Gasteiger partial charge in [0.2, 0.25) is 11.3 Å². The van der Waals surface area contributed by atoms with Crippen molar-refractivity contribution in [3.8, 4) is 11.3 Å². The lowest BCUT2D eigenvalue weighted by molar-refractivity contribution is -0.117. The van der Waals surface area contributed by atoms with Crippen LogP contribution in [0.15, 0.2) is 59.5 Å². The zero-order valence-electron chi connectivity index (χ0n) is 18.8. The summed E-state index contributed by atoms with van der Waals surface area (Å²) in [6.45, 7) is 3.01. The molecule has 2 aromatic carbocycles. The Balaban J connectivity index is 2.24. The van der Waals surface area contributed by atoms with E-state index in [-0.39, 0.29) is 17.7 Å². The topological polar surface area (TPSA) is 156 Å². The molecule has 3 aromatic rings. The normalized spacial score (nSPS) is 10.9. The van der Waals surface area contributed by atoms with Gasteiger partial charge in [-0.1, -0.05) is 43.3 Å². The van der Waals surface area contributed by atoms with Crippen molar-refractivity contribution in [2.45, 2.75) is 19.9 Å². The maximum Gasteiger partial charge on any atom is 0.222 e. The van der Waals surface area contributed by atoms with Crippen molar-refractivity contribution in [3.05, 3.63) is 81.6 Å². The molecule has 0 fully saturated rings. The Morgan fingerprint density at radius 2 is 1.85 bits per heavy atom. The summed E-state index contributed by atoms with van der Waals surface area (Å²) in [5.74, 6) is -0.612. The highest BCUT2D eigenvalue weighted by molar-refractivity contribution is 5.94. The first-order valence-electron chi connectivity index (χ1n) is 10.5. The van der Waals surface area contributed by atoms with Crippen molar-refractivity contribution >= 4 is 23.1 Å². The number of aromatic nitrogens is 1. The van der Waals surface area contributed by atoms with Crippen molar-refractivity contribution in [2.75, 3.05) is 24.8 Å². The first kappa shape index (κ1) is 23.6. The summed E-state index contributed by atoms with van der Waals surface area (Å²) in [6, 6.07) is 14.5. The maximum absolute atomic E-state index is 13.4. The number of rotatable bonds is 9. The van der Waals surface area contributed by atoms with Gasteiger partial charge in [0.15, 0.2) is 0 Å². The van der Waals surface area contributed by atoms with Gasteiger partial charge in [-0.2, -0.15) is 0 Å². The van der Waals surface area contributed by atoms with E-state index in [0.29, 0.717) is 46.8 Å². The molecule has 9 heteroatoms. The molecule has 0 radical (unpaired) electrons. The number of carbonyl (C=O) groups excluding carboxylic acids is 1. The van der Waals surface area contributed by atoms with Gasteiger partial charge in [-0.3, -0.25) is 15.0 Å². The number of hydrogen-bond acceptors (Lipinski definition) is 6. The van der Waals surface area contributed by atoms with Crippen LogP contribution >= 0.6 is 0 Å². The number of nitrogens with zero attached hydrogens (tertiary/aromatic N) is 2. The van der Waals surface area contributed by atoms with Crippen molar-refractivity contribution < 1.29 is 4.79 Å². The minimum Gasteiger partial charge on any atom is -0.399 e. The van der Waals surface area contributed by atoms with Gasteiger partial charge in [0, 0.05) is 48.7 Å². The van der Waals surface area contributed by atoms with E-state index in [4.69, 9.17) is 22.6 Å². The predicted molar refractivity (Wildman–Crippen MR) is 132 cm³/mol. The third-order valence-electron chi connectivity index (χ3n) is 5.29. The SMILES string of the molecule is CCN(C)Nc1cn(Cc2ccc(C(=N)N)cc2)c(-c2cccc(N)c2)c(CC(N)=O)c1=O. The van der Waals surface area contributed by atoms with Crippen LogP contribution in [-0.2, 0) is 17.8 Å².